The number of hydrogen-bond acceptors (Lipinski definition) is 1. The predicted molar refractivity (Wildman–Crippen MR) is 58.6 cm³/mol. The SMILES string of the molecule is CC(O)c1cn(C)c2ccc(Cl)cc12. The van der Waals surface area contributed by atoms with E-state index in [9.17, 15) is 5.11 Å². The van der Waals surface area contributed by atoms with Crippen LogP contribution in [0.25, 0.3) is 10.9 Å². The number of rotatable bonds is 1. The summed E-state index contributed by atoms with van der Waals surface area (Å²) in [5.74, 6) is 0. The largest absolute Gasteiger partial charge is 0.389 e. The highest BCUT2D eigenvalue weighted by atomic mass is 35.5. The molecule has 74 valence electrons. The molecule has 1 unspecified atom stereocenters. The van der Waals surface area contributed by atoms with Crippen LogP contribution >= 0.6 is 11.6 Å². The highest BCUT2D eigenvalue weighted by Crippen LogP contribution is 2.28. The summed E-state index contributed by atoms with van der Waals surface area (Å²) in [6.45, 7) is 1.76. The molecule has 0 saturated heterocycles. The number of hydrogen-bond donors (Lipinski definition) is 1. The van der Waals surface area contributed by atoms with Gasteiger partial charge in [-0.1, -0.05) is 11.6 Å². The molecular weight excluding hydrogens is 198 g/mol. The fraction of sp³-hybridized carbons (Fsp3) is 0.273. The second kappa shape index (κ2) is 3.30. The Hall–Kier alpha value is -0.990. The minimum atomic E-state index is -0.461. The van der Waals surface area contributed by atoms with Crippen molar-refractivity contribution in [1.29, 1.82) is 0 Å². The number of nitrogens with zero attached hydrogens (tertiary/aromatic N) is 1. The number of aliphatic hydroxyl groups is 1. The molecule has 1 atom stereocenters. The fourth-order valence-corrected chi connectivity index (χ4v) is 1.90. The number of halogens is 1. The van der Waals surface area contributed by atoms with E-state index in [1.165, 1.54) is 0 Å². The Morgan fingerprint density at radius 1 is 1.43 bits per heavy atom. The van der Waals surface area contributed by atoms with E-state index in [2.05, 4.69) is 0 Å². The molecule has 0 aliphatic rings. The molecule has 2 aromatic rings. The van der Waals surface area contributed by atoms with Crippen molar-refractivity contribution in [3.63, 3.8) is 0 Å². The van der Waals surface area contributed by atoms with E-state index in [1.54, 1.807) is 6.92 Å². The van der Waals surface area contributed by atoms with Crippen molar-refractivity contribution in [3.05, 3.63) is 35.0 Å². The Bertz CT molecular complexity index is 473. The van der Waals surface area contributed by atoms with Crippen LogP contribution in [0.5, 0.6) is 0 Å². The first-order valence-corrected chi connectivity index (χ1v) is 4.90. The number of aliphatic hydroxyl groups excluding tert-OH is 1. The third-order valence-electron chi connectivity index (χ3n) is 2.43. The van der Waals surface area contributed by atoms with Gasteiger partial charge in [0.25, 0.3) is 0 Å². The van der Waals surface area contributed by atoms with Gasteiger partial charge in [-0.25, -0.2) is 0 Å². The third kappa shape index (κ3) is 1.41. The molecule has 0 amide bonds. The molecule has 0 radical (unpaired) electrons. The Kier molecular flexibility index (Phi) is 2.25. The molecule has 1 aromatic carbocycles. The molecule has 0 aliphatic carbocycles. The van der Waals surface area contributed by atoms with Crippen molar-refractivity contribution in [3.8, 4) is 0 Å². The van der Waals surface area contributed by atoms with Crippen LogP contribution in [-0.4, -0.2) is 9.67 Å². The molecule has 1 aromatic heterocycles. The first kappa shape index (κ1) is 9.56. The molecule has 3 heteroatoms. The zero-order chi connectivity index (χ0) is 10.3. The number of aryl methyl sites for hydroxylation is 1. The van der Waals surface area contributed by atoms with Crippen LogP contribution in [-0.2, 0) is 7.05 Å². The Morgan fingerprint density at radius 3 is 2.79 bits per heavy atom. The maximum atomic E-state index is 9.57. The van der Waals surface area contributed by atoms with Gasteiger partial charge >= 0.3 is 0 Å². The molecule has 2 rings (SSSR count). The van der Waals surface area contributed by atoms with Crippen LogP contribution in [0.2, 0.25) is 5.02 Å². The van der Waals surface area contributed by atoms with Crippen molar-refractivity contribution < 1.29 is 5.11 Å². The van der Waals surface area contributed by atoms with E-state index in [-0.39, 0.29) is 0 Å². The van der Waals surface area contributed by atoms with Crippen LogP contribution < -0.4 is 0 Å². The van der Waals surface area contributed by atoms with Crippen molar-refractivity contribution in [2.75, 3.05) is 0 Å². The number of benzene rings is 1. The lowest BCUT2D eigenvalue weighted by Crippen LogP contribution is -1.88. The van der Waals surface area contributed by atoms with Gasteiger partial charge in [-0.15, -0.1) is 0 Å². The van der Waals surface area contributed by atoms with E-state index in [1.807, 2.05) is 36.0 Å². The van der Waals surface area contributed by atoms with Crippen molar-refractivity contribution in [1.82, 2.24) is 4.57 Å². The van der Waals surface area contributed by atoms with Crippen LogP contribution in [0.4, 0.5) is 0 Å². The molecular formula is C11H12ClNO. The molecule has 0 bridgehead atoms. The average Bonchev–Trinajstić information content (AvgIpc) is 2.43. The lowest BCUT2D eigenvalue weighted by atomic mass is 10.1. The summed E-state index contributed by atoms with van der Waals surface area (Å²) in [7, 11) is 1.96. The monoisotopic (exact) mass is 209 g/mol. The van der Waals surface area contributed by atoms with Gasteiger partial charge in [-0.2, -0.15) is 0 Å². The molecule has 1 N–H and O–H groups in total. The molecule has 2 nitrogen and oxygen atoms in total. The zero-order valence-corrected chi connectivity index (χ0v) is 8.92. The van der Waals surface area contributed by atoms with Gasteiger partial charge in [0.1, 0.15) is 0 Å². The van der Waals surface area contributed by atoms with Crippen molar-refractivity contribution in [2.24, 2.45) is 7.05 Å². The maximum absolute atomic E-state index is 9.57. The summed E-state index contributed by atoms with van der Waals surface area (Å²) in [6.07, 6.45) is 1.48. The first-order valence-electron chi connectivity index (χ1n) is 4.52. The summed E-state index contributed by atoms with van der Waals surface area (Å²) >= 11 is 5.91. The average molecular weight is 210 g/mol. The normalized spacial score (nSPS) is 13.4. The molecule has 0 spiro atoms. The van der Waals surface area contributed by atoms with E-state index in [0.29, 0.717) is 5.02 Å². The number of aromatic nitrogens is 1. The lowest BCUT2D eigenvalue weighted by molar-refractivity contribution is 0.200. The van der Waals surface area contributed by atoms with Crippen LogP contribution in [0, 0.1) is 0 Å². The van der Waals surface area contributed by atoms with Crippen molar-refractivity contribution in [2.45, 2.75) is 13.0 Å². The van der Waals surface area contributed by atoms with Crippen LogP contribution in [0.3, 0.4) is 0 Å². The Morgan fingerprint density at radius 2 is 2.14 bits per heavy atom. The number of fused-ring (bicyclic) bond motifs is 1. The summed E-state index contributed by atoms with van der Waals surface area (Å²) in [5.41, 5.74) is 2.01. The van der Waals surface area contributed by atoms with E-state index in [0.717, 1.165) is 16.5 Å². The van der Waals surface area contributed by atoms with Crippen LogP contribution in [0.15, 0.2) is 24.4 Å². The minimum Gasteiger partial charge on any atom is -0.389 e. The minimum absolute atomic E-state index is 0.461. The molecule has 0 aliphatic heterocycles. The van der Waals surface area contributed by atoms with Gasteiger partial charge in [0.2, 0.25) is 0 Å². The van der Waals surface area contributed by atoms with Crippen molar-refractivity contribution >= 4 is 22.5 Å². The maximum Gasteiger partial charge on any atom is 0.0782 e. The highest BCUT2D eigenvalue weighted by Gasteiger charge is 2.10. The van der Waals surface area contributed by atoms with Gasteiger partial charge in [0.05, 0.1) is 6.10 Å². The van der Waals surface area contributed by atoms with E-state index >= 15 is 0 Å². The van der Waals surface area contributed by atoms with Gasteiger partial charge in [0, 0.05) is 34.7 Å². The predicted octanol–water partition coefficient (Wildman–Crippen LogP) is 2.89. The molecule has 14 heavy (non-hydrogen) atoms. The fourth-order valence-electron chi connectivity index (χ4n) is 1.73. The van der Waals surface area contributed by atoms with E-state index in [4.69, 9.17) is 11.6 Å². The second-order valence-corrected chi connectivity index (χ2v) is 3.97. The summed E-state index contributed by atoms with van der Waals surface area (Å²) in [4.78, 5) is 0. The zero-order valence-electron chi connectivity index (χ0n) is 8.16. The summed E-state index contributed by atoms with van der Waals surface area (Å²) in [5, 5.41) is 11.3. The standard InChI is InChI=1S/C11H12ClNO/c1-7(14)10-6-13(2)11-4-3-8(12)5-9(10)11/h3-7,14H,1-2H3. The van der Waals surface area contributed by atoms with Crippen LogP contribution in [0.1, 0.15) is 18.6 Å². The lowest BCUT2D eigenvalue weighted by Gasteiger charge is -2.01. The van der Waals surface area contributed by atoms with E-state index < -0.39 is 6.10 Å². The Balaban J connectivity index is 2.79. The first-order chi connectivity index (χ1) is 6.59. The van der Waals surface area contributed by atoms with Gasteiger partial charge in [-0.3, -0.25) is 0 Å². The Labute approximate surface area is 87.7 Å². The quantitative estimate of drug-likeness (QED) is 0.768. The molecule has 1 heterocycles. The van der Waals surface area contributed by atoms with Gasteiger partial charge in [-0.05, 0) is 25.1 Å². The summed E-state index contributed by atoms with van der Waals surface area (Å²) < 4.78 is 1.99. The third-order valence-corrected chi connectivity index (χ3v) is 2.67. The summed E-state index contributed by atoms with van der Waals surface area (Å²) in [6, 6.07) is 5.71. The molecule has 0 fully saturated rings. The highest BCUT2D eigenvalue weighted by molar-refractivity contribution is 6.31. The van der Waals surface area contributed by atoms with Gasteiger partial charge < -0.3 is 9.67 Å². The molecule has 0 saturated carbocycles. The second-order valence-electron chi connectivity index (χ2n) is 3.53. The van der Waals surface area contributed by atoms with Gasteiger partial charge in [0.15, 0.2) is 0 Å². The topological polar surface area (TPSA) is 25.2 Å². The smallest absolute Gasteiger partial charge is 0.0782 e.